The number of carbonyl (C=O) groups excluding carboxylic acids is 1. The lowest BCUT2D eigenvalue weighted by molar-refractivity contribution is -0.125. The number of aromatic nitrogens is 3. The van der Waals surface area contributed by atoms with E-state index in [1.54, 1.807) is 6.20 Å². The summed E-state index contributed by atoms with van der Waals surface area (Å²) < 4.78 is 5.29. The predicted octanol–water partition coefficient (Wildman–Crippen LogP) is 1.68. The maximum atomic E-state index is 12.3. The SMILES string of the molecule is CCC(CC)(NC(=O)COc1cc[nH]c(=O)n1)c1ccnc(C)c1. The van der Waals surface area contributed by atoms with E-state index in [4.69, 9.17) is 4.74 Å². The number of nitrogens with zero attached hydrogens (tertiary/aromatic N) is 2. The molecule has 128 valence electrons. The van der Waals surface area contributed by atoms with Crippen molar-refractivity contribution in [1.29, 1.82) is 0 Å². The van der Waals surface area contributed by atoms with Gasteiger partial charge in [0, 0.05) is 24.2 Å². The normalized spacial score (nSPS) is 11.1. The van der Waals surface area contributed by atoms with Gasteiger partial charge in [0.1, 0.15) is 0 Å². The Morgan fingerprint density at radius 3 is 2.71 bits per heavy atom. The standard InChI is InChI=1S/C17H22N4O3/c1-4-17(5-2,13-6-8-18-12(3)10-13)21-14(22)11-24-15-7-9-19-16(23)20-15/h6-10H,4-5,11H2,1-3H3,(H,21,22)(H,19,20,23). The van der Waals surface area contributed by atoms with E-state index in [1.165, 1.54) is 12.3 Å². The van der Waals surface area contributed by atoms with Gasteiger partial charge in [0.15, 0.2) is 6.61 Å². The second-order valence-corrected chi connectivity index (χ2v) is 5.54. The van der Waals surface area contributed by atoms with Gasteiger partial charge in [-0.3, -0.25) is 9.78 Å². The van der Waals surface area contributed by atoms with Crippen molar-refractivity contribution in [3.63, 3.8) is 0 Å². The van der Waals surface area contributed by atoms with Gasteiger partial charge < -0.3 is 15.0 Å². The van der Waals surface area contributed by atoms with Gasteiger partial charge in [-0.25, -0.2) is 4.79 Å². The fraction of sp³-hybridized carbons (Fsp3) is 0.412. The van der Waals surface area contributed by atoms with Crippen LogP contribution in [0, 0.1) is 6.92 Å². The summed E-state index contributed by atoms with van der Waals surface area (Å²) in [4.78, 5) is 33.7. The Hall–Kier alpha value is -2.70. The van der Waals surface area contributed by atoms with Gasteiger partial charge in [-0.05, 0) is 37.5 Å². The molecule has 0 spiro atoms. The highest BCUT2D eigenvalue weighted by atomic mass is 16.5. The minimum atomic E-state index is -0.517. The number of aromatic amines is 1. The molecule has 0 saturated heterocycles. The monoisotopic (exact) mass is 330 g/mol. The van der Waals surface area contributed by atoms with Crippen molar-refractivity contribution in [1.82, 2.24) is 20.3 Å². The highest BCUT2D eigenvalue weighted by molar-refractivity contribution is 5.78. The lowest BCUT2D eigenvalue weighted by atomic mass is 9.84. The smallest absolute Gasteiger partial charge is 0.348 e. The summed E-state index contributed by atoms with van der Waals surface area (Å²) in [5, 5.41) is 3.05. The molecular weight excluding hydrogens is 308 g/mol. The molecule has 7 nitrogen and oxygen atoms in total. The van der Waals surface area contributed by atoms with Crippen LogP contribution < -0.4 is 15.7 Å². The van der Waals surface area contributed by atoms with E-state index in [0.717, 1.165) is 24.1 Å². The van der Waals surface area contributed by atoms with Crippen LogP contribution in [0.1, 0.15) is 37.9 Å². The second kappa shape index (κ2) is 7.72. The van der Waals surface area contributed by atoms with Gasteiger partial charge in [0.2, 0.25) is 5.88 Å². The van der Waals surface area contributed by atoms with Gasteiger partial charge in [-0.2, -0.15) is 4.98 Å². The molecule has 0 unspecified atom stereocenters. The number of hydrogen-bond donors (Lipinski definition) is 2. The summed E-state index contributed by atoms with van der Waals surface area (Å²) in [5.41, 5.74) is 0.923. The predicted molar refractivity (Wildman–Crippen MR) is 89.7 cm³/mol. The molecule has 2 N–H and O–H groups in total. The topological polar surface area (TPSA) is 97.0 Å². The Labute approximate surface area is 140 Å². The molecular formula is C17H22N4O3. The largest absolute Gasteiger partial charge is 0.467 e. The van der Waals surface area contributed by atoms with Crippen molar-refractivity contribution >= 4 is 5.91 Å². The molecule has 0 radical (unpaired) electrons. The Kier molecular flexibility index (Phi) is 5.68. The maximum absolute atomic E-state index is 12.3. The third kappa shape index (κ3) is 4.18. The Morgan fingerprint density at radius 2 is 2.08 bits per heavy atom. The molecule has 0 saturated carbocycles. The molecule has 0 bridgehead atoms. The number of pyridine rings is 1. The molecule has 0 aromatic carbocycles. The Balaban J connectivity index is 2.09. The third-order valence-electron chi connectivity index (χ3n) is 4.03. The molecule has 2 rings (SSSR count). The first-order valence-corrected chi connectivity index (χ1v) is 7.91. The number of nitrogens with one attached hydrogen (secondary N) is 2. The molecule has 2 heterocycles. The number of amides is 1. The first-order chi connectivity index (χ1) is 11.5. The van der Waals surface area contributed by atoms with E-state index in [9.17, 15) is 9.59 Å². The average molecular weight is 330 g/mol. The summed E-state index contributed by atoms with van der Waals surface area (Å²) in [6.07, 6.45) is 4.64. The van der Waals surface area contributed by atoms with Crippen molar-refractivity contribution in [2.24, 2.45) is 0 Å². The summed E-state index contributed by atoms with van der Waals surface area (Å²) in [6.45, 7) is 5.77. The number of ether oxygens (including phenoxy) is 1. The van der Waals surface area contributed by atoms with Crippen molar-refractivity contribution in [3.05, 3.63) is 52.3 Å². The zero-order chi connectivity index (χ0) is 17.6. The Bertz CT molecular complexity index is 753. The van der Waals surface area contributed by atoms with Crippen molar-refractivity contribution in [2.75, 3.05) is 6.61 Å². The molecule has 2 aromatic heterocycles. The van der Waals surface area contributed by atoms with E-state index in [0.29, 0.717) is 0 Å². The third-order valence-corrected chi connectivity index (χ3v) is 4.03. The van der Waals surface area contributed by atoms with Crippen LogP contribution in [-0.4, -0.2) is 27.5 Å². The van der Waals surface area contributed by atoms with Crippen LogP contribution in [0.5, 0.6) is 5.88 Å². The molecule has 0 aliphatic rings. The number of hydrogen-bond acceptors (Lipinski definition) is 5. The number of rotatable bonds is 7. The average Bonchev–Trinajstić information content (AvgIpc) is 2.58. The lowest BCUT2D eigenvalue weighted by Gasteiger charge is -2.33. The number of carbonyl (C=O) groups is 1. The van der Waals surface area contributed by atoms with Crippen LogP contribution in [0.25, 0.3) is 0 Å². The quantitative estimate of drug-likeness (QED) is 0.805. The molecule has 0 fully saturated rings. The zero-order valence-corrected chi connectivity index (χ0v) is 14.1. The number of H-pyrrole nitrogens is 1. The van der Waals surface area contributed by atoms with Crippen molar-refractivity contribution < 1.29 is 9.53 Å². The molecule has 1 amide bonds. The molecule has 0 atom stereocenters. The highest BCUT2D eigenvalue weighted by Crippen LogP contribution is 2.28. The Morgan fingerprint density at radius 1 is 1.33 bits per heavy atom. The minimum absolute atomic E-state index is 0.118. The second-order valence-electron chi connectivity index (χ2n) is 5.54. The van der Waals surface area contributed by atoms with Crippen LogP contribution in [0.4, 0.5) is 0 Å². The van der Waals surface area contributed by atoms with Crippen LogP contribution in [-0.2, 0) is 10.3 Å². The fourth-order valence-corrected chi connectivity index (χ4v) is 2.63. The van der Waals surface area contributed by atoms with E-state index >= 15 is 0 Å². The van der Waals surface area contributed by atoms with Gasteiger partial charge in [-0.1, -0.05) is 13.8 Å². The molecule has 0 aliphatic heterocycles. The fourth-order valence-electron chi connectivity index (χ4n) is 2.63. The first-order valence-electron chi connectivity index (χ1n) is 7.91. The molecule has 7 heteroatoms. The van der Waals surface area contributed by atoms with Gasteiger partial charge in [-0.15, -0.1) is 0 Å². The minimum Gasteiger partial charge on any atom is -0.467 e. The van der Waals surface area contributed by atoms with Gasteiger partial charge in [0.25, 0.3) is 5.91 Å². The zero-order valence-electron chi connectivity index (χ0n) is 14.1. The number of aryl methyl sites for hydroxylation is 1. The van der Waals surface area contributed by atoms with Crippen LogP contribution in [0.15, 0.2) is 35.4 Å². The van der Waals surface area contributed by atoms with Crippen molar-refractivity contribution in [2.45, 2.75) is 39.2 Å². The highest BCUT2D eigenvalue weighted by Gasteiger charge is 2.30. The summed E-state index contributed by atoms with van der Waals surface area (Å²) in [6, 6.07) is 5.39. The van der Waals surface area contributed by atoms with E-state index in [1.807, 2.05) is 32.9 Å². The maximum Gasteiger partial charge on any atom is 0.348 e. The molecule has 2 aromatic rings. The summed E-state index contributed by atoms with van der Waals surface area (Å²) >= 11 is 0. The van der Waals surface area contributed by atoms with Crippen LogP contribution >= 0.6 is 0 Å². The summed E-state index contributed by atoms with van der Waals surface area (Å²) in [5.74, 6) is -0.150. The molecule has 24 heavy (non-hydrogen) atoms. The van der Waals surface area contributed by atoms with E-state index in [2.05, 4.69) is 20.3 Å². The van der Waals surface area contributed by atoms with E-state index < -0.39 is 11.2 Å². The van der Waals surface area contributed by atoms with Crippen LogP contribution in [0.3, 0.4) is 0 Å². The van der Waals surface area contributed by atoms with Crippen molar-refractivity contribution in [3.8, 4) is 5.88 Å². The molecule has 0 aliphatic carbocycles. The first kappa shape index (κ1) is 17.7. The van der Waals surface area contributed by atoms with Gasteiger partial charge in [0.05, 0.1) is 5.54 Å². The lowest BCUT2D eigenvalue weighted by Crippen LogP contribution is -2.47. The van der Waals surface area contributed by atoms with Gasteiger partial charge >= 0.3 is 5.69 Å². The van der Waals surface area contributed by atoms with Crippen LogP contribution in [0.2, 0.25) is 0 Å². The van der Waals surface area contributed by atoms with E-state index in [-0.39, 0.29) is 18.4 Å². The summed E-state index contributed by atoms with van der Waals surface area (Å²) in [7, 11) is 0.